The number of nitrogens with one attached hydrogen (secondary N) is 1. The lowest BCUT2D eigenvalue weighted by Gasteiger charge is -2.07. The molecule has 1 aromatic carbocycles. The zero-order valence-corrected chi connectivity index (χ0v) is 11.9. The molecule has 1 amide bonds. The number of carbonyl (C=O) groups is 1. The Kier molecular flexibility index (Phi) is 4.38. The molecule has 1 heterocycles. The molecule has 19 heavy (non-hydrogen) atoms. The van der Waals surface area contributed by atoms with Crippen molar-refractivity contribution in [2.75, 3.05) is 6.54 Å². The third-order valence-corrected chi connectivity index (χ3v) is 3.00. The van der Waals surface area contributed by atoms with Gasteiger partial charge in [-0.25, -0.2) is 0 Å². The summed E-state index contributed by atoms with van der Waals surface area (Å²) in [6.45, 7) is 4.82. The first-order valence-corrected chi connectivity index (χ1v) is 6.74. The van der Waals surface area contributed by atoms with Crippen LogP contribution in [0.3, 0.4) is 0 Å². The monoisotopic (exact) mass is 276 g/mol. The van der Waals surface area contributed by atoms with Crippen LogP contribution >= 0.6 is 11.6 Å². The van der Waals surface area contributed by atoms with E-state index < -0.39 is 0 Å². The van der Waals surface area contributed by atoms with Crippen molar-refractivity contribution in [2.24, 2.45) is 5.92 Å². The molecule has 0 aliphatic carbocycles. The minimum absolute atomic E-state index is 0.00239. The average molecular weight is 277 g/mol. The molecular formula is C15H17ClN2O. The first-order valence-electron chi connectivity index (χ1n) is 6.36. The van der Waals surface area contributed by atoms with Crippen LogP contribution in [0.1, 0.15) is 19.5 Å². The minimum atomic E-state index is 0.00239. The van der Waals surface area contributed by atoms with Gasteiger partial charge in [-0.15, -0.1) is 0 Å². The Bertz CT molecular complexity index is 596. The van der Waals surface area contributed by atoms with E-state index in [4.69, 9.17) is 11.6 Å². The number of carbonyl (C=O) groups excluding carboxylic acids is 1. The third-order valence-electron chi connectivity index (χ3n) is 2.76. The highest BCUT2D eigenvalue weighted by molar-refractivity contribution is 6.31. The van der Waals surface area contributed by atoms with Gasteiger partial charge < -0.3 is 5.32 Å². The Morgan fingerprint density at radius 1 is 1.32 bits per heavy atom. The second kappa shape index (κ2) is 6.02. The Morgan fingerprint density at radius 2 is 2.05 bits per heavy atom. The molecule has 3 nitrogen and oxygen atoms in total. The third kappa shape index (κ3) is 3.93. The molecule has 1 aromatic heterocycles. The maximum Gasteiger partial charge on any atom is 0.226 e. The summed E-state index contributed by atoms with van der Waals surface area (Å²) < 4.78 is 0. The van der Waals surface area contributed by atoms with E-state index in [0.29, 0.717) is 23.9 Å². The second-order valence-electron chi connectivity index (χ2n) is 5.01. The van der Waals surface area contributed by atoms with Crippen molar-refractivity contribution in [2.45, 2.75) is 20.3 Å². The van der Waals surface area contributed by atoms with Gasteiger partial charge in [0.15, 0.2) is 0 Å². The van der Waals surface area contributed by atoms with E-state index in [9.17, 15) is 4.79 Å². The van der Waals surface area contributed by atoms with E-state index in [0.717, 1.165) is 16.6 Å². The Labute approximate surface area is 118 Å². The lowest BCUT2D eigenvalue weighted by atomic mass is 10.1. The maximum absolute atomic E-state index is 11.7. The molecule has 2 aromatic rings. The number of rotatable bonds is 4. The molecule has 0 aliphatic rings. The van der Waals surface area contributed by atoms with Crippen LogP contribution in [0, 0.1) is 5.92 Å². The zero-order valence-electron chi connectivity index (χ0n) is 11.1. The summed E-state index contributed by atoms with van der Waals surface area (Å²) in [5.74, 6) is 0.454. The summed E-state index contributed by atoms with van der Waals surface area (Å²) >= 11 is 5.94. The number of hydrogen-bond acceptors (Lipinski definition) is 2. The standard InChI is InChI=1S/C15H17ClN2O/c1-10(2)9-17-15(19)8-13-6-4-11-3-5-12(16)7-14(11)18-13/h3-7,10H,8-9H2,1-2H3,(H,17,19). The van der Waals surface area contributed by atoms with E-state index in [-0.39, 0.29) is 5.91 Å². The van der Waals surface area contributed by atoms with Crippen LogP contribution in [-0.2, 0) is 11.2 Å². The molecule has 100 valence electrons. The molecular weight excluding hydrogens is 260 g/mol. The molecule has 0 aliphatic heterocycles. The smallest absolute Gasteiger partial charge is 0.226 e. The van der Waals surface area contributed by atoms with Gasteiger partial charge in [0.05, 0.1) is 17.6 Å². The Hall–Kier alpha value is -1.61. The van der Waals surface area contributed by atoms with Gasteiger partial charge in [-0.3, -0.25) is 9.78 Å². The number of benzene rings is 1. The Morgan fingerprint density at radius 3 is 2.79 bits per heavy atom. The van der Waals surface area contributed by atoms with Crippen molar-refractivity contribution < 1.29 is 4.79 Å². The number of halogens is 1. The van der Waals surface area contributed by atoms with Crippen LogP contribution < -0.4 is 5.32 Å². The van der Waals surface area contributed by atoms with Crippen molar-refractivity contribution in [1.29, 1.82) is 0 Å². The summed E-state index contributed by atoms with van der Waals surface area (Å²) in [5, 5.41) is 4.56. The minimum Gasteiger partial charge on any atom is -0.356 e. The van der Waals surface area contributed by atoms with Crippen molar-refractivity contribution in [3.05, 3.63) is 41.0 Å². The van der Waals surface area contributed by atoms with Gasteiger partial charge in [0.1, 0.15) is 0 Å². The second-order valence-corrected chi connectivity index (χ2v) is 5.45. The van der Waals surface area contributed by atoms with Crippen LogP contribution in [0.2, 0.25) is 5.02 Å². The fourth-order valence-electron chi connectivity index (χ4n) is 1.78. The highest BCUT2D eigenvalue weighted by Crippen LogP contribution is 2.18. The SMILES string of the molecule is CC(C)CNC(=O)Cc1ccc2ccc(Cl)cc2n1. The highest BCUT2D eigenvalue weighted by atomic mass is 35.5. The van der Waals surface area contributed by atoms with Crippen LogP contribution in [-0.4, -0.2) is 17.4 Å². The van der Waals surface area contributed by atoms with Gasteiger partial charge >= 0.3 is 0 Å². The Balaban J connectivity index is 2.10. The number of hydrogen-bond donors (Lipinski definition) is 1. The first kappa shape index (κ1) is 13.8. The molecule has 0 bridgehead atoms. The maximum atomic E-state index is 11.7. The molecule has 0 saturated heterocycles. The topological polar surface area (TPSA) is 42.0 Å². The summed E-state index contributed by atoms with van der Waals surface area (Å²) in [7, 11) is 0. The summed E-state index contributed by atoms with van der Waals surface area (Å²) in [6.07, 6.45) is 0.301. The van der Waals surface area contributed by atoms with Gasteiger partial charge in [-0.05, 0) is 24.1 Å². The molecule has 1 N–H and O–H groups in total. The summed E-state index contributed by atoms with van der Waals surface area (Å²) in [4.78, 5) is 16.2. The molecule has 0 radical (unpaired) electrons. The van der Waals surface area contributed by atoms with Crippen molar-refractivity contribution in [1.82, 2.24) is 10.3 Å². The van der Waals surface area contributed by atoms with Crippen LogP contribution in [0.25, 0.3) is 10.9 Å². The first-order chi connectivity index (χ1) is 9.04. The summed E-state index contributed by atoms with van der Waals surface area (Å²) in [6, 6.07) is 9.41. The van der Waals surface area contributed by atoms with Gasteiger partial charge in [0.25, 0.3) is 0 Å². The number of pyridine rings is 1. The predicted molar refractivity (Wildman–Crippen MR) is 78.3 cm³/mol. The van der Waals surface area contributed by atoms with E-state index >= 15 is 0 Å². The van der Waals surface area contributed by atoms with Gasteiger partial charge in [-0.2, -0.15) is 0 Å². The van der Waals surface area contributed by atoms with E-state index in [1.807, 2.05) is 30.3 Å². The fraction of sp³-hybridized carbons (Fsp3) is 0.333. The van der Waals surface area contributed by atoms with E-state index in [2.05, 4.69) is 24.1 Å². The van der Waals surface area contributed by atoms with Gasteiger partial charge in [0.2, 0.25) is 5.91 Å². The largest absolute Gasteiger partial charge is 0.356 e. The highest BCUT2D eigenvalue weighted by Gasteiger charge is 2.06. The van der Waals surface area contributed by atoms with Gasteiger partial charge in [0, 0.05) is 17.0 Å². The molecule has 0 unspecified atom stereocenters. The lowest BCUT2D eigenvalue weighted by Crippen LogP contribution is -2.28. The molecule has 2 rings (SSSR count). The molecule has 0 saturated carbocycles. The number of nitrogens with zero attached hydrogens (tertiary/aromatic N) is 1. The molecule has 0 fully saturated rings. The number of aromatic nitrogens is 1. The summed E-state index contributed by atoms with van der Waals surface area (Å²) in [5.41, 5.74) is 1.58. The molecule has 0 spiro atoms. The van der Waals surface area contributed by atoms with Crippen LogP contribution in [0.4, 0.5) is 0 Å². The molecule has 4 heteroatoms. The fourth-order valence-corrected chi connectivity index (χ4v) is 1.94. The normalized spacial score (nSPS) is 10.9. The quantitative estimate of drug-likeness (QED) is 0.932. The zero-order chi connectivity index (χ0) is 13.8. The molecule has 0 atom stereocenters. The van der Waals surface area contributed by atoms with Crippen molar-refractivity contribution >= 4 is 28.4 Å². The van der Waals surface area contributed by atoms with Crippen molar-refractivity contribution in [3.8, 4) is 0 Å². The predicted octanol–water partition coefficient (Wildman–Crippen LogP) is 3.20. The van der Waals surface area contributed by atoms with Crippen LogP contribution in [0.5, 0.6) is 0 Å². The lowest BCUT2D eigenvalue weighted by molar-refractivity contribution is -0.120. The number of amides is 1. The van der Waals surface area contributed by atoms with Crippen LogP contribution in [0.15, 0.2) is 30.3 Å². The number of fused-ring (bicyclic) bond motifs is 1. The van der Waals surface area contributed by atoms with Crippen molar-refractivity contribution in [3.63, 3.8) is 0 Å². The van der Waals surface area contributed by atoms with E-state index in [1.54, 1.807) is 0 Å². The van der Waals surface area contributed by atoms with E-state index in [1.165, 1.54) is 0 Å². The van der Waals surface area contributed by atoms with Gasteiger partial charge in [-0.1, -0.05) is 37.6 Å². The average Bonchev–Trinajstić information content (AvgIpc) is 2.36.